The third-order valence-electron chi connectivity index (χ3n) is 3.19. The molecule has 1 fully saturated rings. The van der Waals surface area contributed by atoms with E-state index in [1.807, 2.05) is 31.2 Å². The first-order valence-corrected chi connectivity index (χ1v) is 7.50. The molecule has 0 spiro atoms. The molecule has 5 nitrogen and oxygen atoms in total. The van der Waals surface area contributed by atoms with Gasteiger partial charge in [-0.3, -0.25) is 4.79 Å². The molecule has 1 saturated carbocycles. The number of nitrogens with one attached hydrogen (secondary N) is 1. The molecule has 1 aromatic rings. The van der Waals surface area contributed by atoms with Crippen LogP contribution < -0.4 is 10.1 Å². The molecule has 0 heterocycles. The van der Waals surface area contributed by atoms with Crippen LogP contribution in [0.5, 0.6) is 5.75 Å². The Bertz CT molecular complexity index is 546. The van der Waals surface area contributed by atoms with E-state index in [1.165, 1.54) is 6.08 Å². The minimum Gasteiger partial charge on any atom is -0.494 e. The van der Waals surface area contributed by atoms with Gasteiger partial charge in [0, 0.05) is 12.1 Å². The second kappa shape index (κ2) is 7.64. The third kappa shape index (κ3) is 5.24. The zero-order chi connectivity index (χ0) is 15.9. The van der Waals surface area contributed by atoms with E-state index in [2.05, 4.69) is 5.32 Å². The van der Waals surface area contributed by atoms with Crippen LogP contribution in [0.15, 0.2) is 30.3 Å². The van der Waals surface area contributed by atoms with Gasteiger partial charge in [-0.2, -0.15) is 0 Å². The first kappa shape index (κ1) is 16.1. The number of rotatable bonds is 7. The van der Waals surface area contributed by atoms with Crippen molar-refractivity contribution in [1.29, 1.82) is 0 Å². The van der Waals surface area contributed by atoms with Gasteiger partial charge in [-0.1, -0.05) is 12.1 Å². The smallest absolute Gasteiger partial charge is 0.331 e. The summed E-state index contributed by atoms with van der Waals surface area (Å²) in [6, 6.07) is 7.62. The van der Waals surface area contributed by atoms with Crippen LogP contribution in [-0.4, -0.2) is 30.6 Å². The highest BCUT2D eigenvalue weighted by atomic mass is 16.5. The summed E-state index contributed by atoms with van der Waals surface area (Å²) in [6.45, 7) is 4.10. The second-order valence-electron chi connectivity index (χ2n) is 5.20. The lowest BCUT2D eigenvalue weighted by atomic mass is 10.2. The van der Waals surface area contributed by atoms with Crippen LogP contribution in [-0.2, 0) is 14.3 Å². The molecule has 1 aliphatic rings. The fourth-order valence-electron chi connectivity index (χ4n) is 1.82. The van der Waals surface area contributed by atoms with E-state index in [0.29, 0.717) is 6.61 Å². The molecule has 1 atom stereocenters. The quantitative estimate of drug-likeness (QED) is 0.620. The number of esters is 1. The van der Waals surface area contributed by atoms with Crippen LogP contribution in [0.3, 0.4) is 0 Å². The highest BCUT2D eigenvalue weighted by Gasteiger charge is 2.26. The zero-order valence-corrected chi connectivity index (χ0v) is 12.9. The van der Waals surface area contributed by atoms with E-state index in [-0.39, 0.29) is 11.9 Å². The maximum atomic E-state index is 11.7. The molecule has 1 aromatic carbocycles. The second-order valence-corrected chi connectivity index (χ2v) is 5.20. The van der Waals surface area contributed by atoms with Gasteiger partial charge in [0.05, 0.1) is 6.61 Å². The van der Waals surface area contributed by atoms with Crippen LogP contribution in [0, 0.1) is 0 Å². The molecule has 22 heavy (non-hydrogen) atoms. The van der Waals surface area contributed by atoms with Crippen molar-refractivity contribution >= 4 is 18.0 Å². The van der Waals surface area contributed by atoms with E-state index in [1.54, 1.807) is 13.0 Å². The summed E-state index contributed by atoms with van der Waals surface area (Å²) < 4.78 is 10.4. The molecule has 0 saturated heterocycles. The molecular weight excluding hydrogens is 282 g/mol. The van der Waals surface area contributed by atoms with Gasteiger partial charge in [0.25, 0.3) is 5.91 Å². The van der Waals surface area contributed by atoms with Crippen molar-refractivity contribution < 1.29 is 19.1 Å². The molecule has 0 aromatic heterocycles. The largest absolute Gasteiger partial charge is 0.494 e. The summed E-state index contributed by atoms with van der Waals surface area (Å²) in [6.07, 6.45) is 4.19. The first-order valence-electron chi connectivity index (χ1n) is 7.50. The molecule has 1 amide bonds. The maximum Gasteiger partial charge on any atom is 0.331 e. The molecule has 1 N–H and O–H groups in total. The lowest BCUT2D eigenvalue weighted by molar-refractivity contribution is -0.150. The Morgan fingerprint density at radius 1 is 1.32 bits per heavy atom. The average Bonchev–Trinajstić information content (AvgIpc) is 3.30. The number of hydrogen-bond donors (Lipinski definition) is 1. The average molecular weight is 303 g/mol. The minimum atomic E-state index is -0.780. The molecule has 118 valence electrons. The summed E-state index contributed by atoms with van der Waals surface area (Å²) in [4.78, 5) is 23.4. The number of amides is 1. The molecule has 0 bridgehead atoms. The summed E-state index contributed by atoms with van der Waals surface area (Å²) in [5, 5.41) is 2.80. The fraction of sp³-hybridized carbons (Fsp3) is 0.412. The molecule has 5 heteroatoms. The van der Waals surface area contributed by atoms with E-state index in [9.17, 15) is 9.59 Å². The Morgan fingerprint density at radius 3 is 2.59 bits per heavy atom. The number of carbonyl (C=O) groups is 2. The van der Waals surface area contributed by atoms with Gasteiger partial charge >= 0.3 is 5.97 Å². The van der Waals surface area contributed by atoms with Crippen molar-refractivity contribution in [2.45, 2.75) is 38.8 Å². The summed E-state index contributed by atoms with van der Waals surface area (Å²) in [5.41, 5.74) is 0.857. The standard InChI is InChI=1S/C17H21NO4/c1-3-21-15-9-4-13(5-10-15)6-11-16(19)22-12(2)17(20)18-14-7-8-14/h4-6,9-12,14H,3,7-8H2,1-2H3,(H,18,20)/b11-6+/t12-/m0/s1. The Kier molecular flexibility index (Phi) is 5.58. The first-order chi connectivity index (χ1) is 10.6. The van der Waals surface area contributed by atoms with Crippen molar-refractivity contribution in [2.75, 3.05) is 6.61 Å². The van der Waals surface area contributed by atoms with Crippen molar-refractivity contribution in [3.8, 4) is 5.75 Å². The number of hydrogen-bond acceptors (Lipinski definition) is 4. The predicted octanol–water partition coefficient (Wildman–Crippen LogP) is 2.31. The van der Waals surface area contributed by atoms with Crippen LogP contribution >= 0.6 is 0 Å². The van der Waals surface area contributed by atoms with Crippen molar-refractivity contribution in [3.63, 3.8) is 0 Å². The fourth-order valence-corrected chi connectivity index (χ4v) is 1.82. The van der Waals surface area contributed by atoms with Crippen LogP contribution in [0.4, 0.5) is 0 Å². The van der Waals surface area contributed by atoms with Gasteiger partial charge in [0.15, 0.2) is 6.10 Å². The molecular formula is C17H21NO4. The number of benzene rings is 1. The van der Waals surface area contributed by atoms with Crippen LogP contribution in [0.2, 0.25) is 0 Å². The van der Waals surface area contributed by atoms with E-state index in [4.69, 9.17) is 9.47 Å². The van der Waals surface area contributed by atoms with Gasteiger partial charge in [-0.15, -0.1) is 0 Å². The van der Waals surface area contributed by atoms with Crippen molar-refractivity contribution in [3.05, 3.63) is 35.9 Å². The third-order valence-corrected chi connectivity index (χ3v) is 3.19. The normalized spacial score (nSPS) is 15.4. The molecule has 1 aliphatic carbocycles. The van der Waals surface area contributed by atoms with Crippen LogP contribution in [0.1, 0.15) is 32.3 Å². The van der Waals surface area contributed by atoms with Gasteiger partial charge < -0.3 is 14.8 Å². The van der Waals surface area contributed by atoms with E-state index in [0.717, 1.165) is 24.2 Å². The van der Waals surface area contributed by atoms with Crippen LogP contribution in [0.25, 0.3) is 6.08 Å². The Labute approximate surface area is 130 Å². The SMILES string of the molecule is CCOc1ccc(/C=C/C(=O)O[C@@H](C)C(=O)NC2CC2)cc1. The predicted molar refractivity (Wildman–Crippen MR) is 83.4 cm³/mol. The molecule has 0 radical (unpaired) electrons. The topological polar surface area (TPSA) is 64.6 Å². The number of carbonyl (C=O) groups excluding carboxylic acids is 2. The monoisotopic (exact) mass is 303 g/mol. The summed E-state index contributed by atoms with van der Waals surface area (Å²) >= 11 is 0. The van der Waals surface area contributed by atoms with Gasteiger partial charge in [0.1, 0.15) is 5.75 Å². The summed E-state index contributed by atoms with van der Waals surface area (Å²) in [7, 11) is 0. The Morgan fingerprint density at radius 2 is 2.00 bits per heavy atom. The van der Waals surface area contributed by atoms with Crippen molar-refractivity contribution in [2.24, 2.45) is 0 Å². The number of ether oxygens (including phenoxy) is 2. The minimum absolute atomic E-state index is 0.245. The molecule has 2 rings (SSSR count). The Hall–Kier alpha value is -2.30. The zero-order valence-electron chi connectivity index (χ0n) is 12.9. The highest BCUT2D eigenvalue weighted by Crippen LogP contribution is 2.18. The van der Waals surface area contributed by atoms with Crippen molar-refractivity contribution in [1.82, 2.24) is 5.32 Å². The summed E-state index contributed by atoms with van der Waals surface area (Å²) in [5.74, 6) is 0.00486. The van der Waals surface area contributed by atoms with E-state index < -0.39 is 12.1 Å². The Balaban J connectivity index is 1.80. The van der Waals surface area contributed by atoms with Gasteiger partial charge in [-0.05, 0) is 50.5 Å². The van der Waals surface area contributed by atoms with E-state index >= 15 is 0 Å². The lowest BCUT2D eigenvalue weighted by Gasteiger charge is -2.11. The highest BCUT2D eigenvalue weighted by molar-refractivity contribution is 5.90. The van der Waals surface area contributed by atoms with Gasteiger partial charge in [-0.25, -0.2) is 4.79 Å². The van der Waals surface area contributed by atoms with Gasteiger partial charge in [0.2, 0.25) is 0 Å². The lowest BCUT2D eigenvalue weighted by Crippen LogP contribution is -2.36. The molecule has 0 aliphatic heterocycles. The molecule has 0 unspecified atom stereocenters. The maximum absolute atomic E-state index is 11.7.